The van der Waals surface area contributed by atoms with Crippen LogP contribution in [0.15, 0.2) is 36.7 Å². The number of carbonyl (C=O) groups is 2. The van der Waals surface area contributed by atoms with Gasteiger partial charge in [0, 0.05) is 12.4 Å². The van der Waals surface area contributed by atoms with E-state index in [-0.39, 0.29) is 0 Å². The highest BCUT2D eigenvalue weighted by atomic mass is 16.4. The van der Waals surface area contributed by atoms with Crippen LogP contribution in [0.5, 0.6) is 0 Å². The molecule has 24 heavy (non-hydrogen) atoms. The standard InChI is InChI=1S/C15H14N6O3/c1-9(19-15(23)24)14(22)20-11-3-2-6-17-13(11)21-12-5-4-10(7-16)8-18-12/h2-6,8-9,19H,1H3,(H,20,22)(H,23,24)(H,17,18,21)/t9-/m0/s1. The van der Waals surface area contributed by atoms with Gasteiger partial charge in [0.15, 0.2) is 5.82 Å². The molecule has 2 amide bonds. The molecule has 0 radical (unpaired) electrons. The Morgan fingerprint density at radius 2 is 2.08 bits per heavy atom. The third-order valence-electron chi connectivity index (χ3n) is 2.94. The van der Waals surface area contributed by atoms with Crippen LogP contribution >= 0.6 is 0 Å². The summed E-state index contributed by atoms with van der Waals surface area (Å²) >= 11 is 0. The molecule has 122 valence electrons. The predicted octanol–water partition coefficient (Wildman–Crippen LogP) is 1.69. The Balaban J connectivity index is 2.13. The number of hydrogen-bond donors (Lipinski definition) is 4. The summed E-state index contributed by atoms with van der Waals surface area (Å²) in [6, 6.07) is 7.48. The summed E-state index contributed by atoms with van der Waals surface area (Å²) in [6.45, 7) is 1.43. The van der Waals surface area contributed by atoms with E-state index >= 15 is 0 Å². The third-order valence-corrected chi connectivity index (χ3v) is 2.94. The zero-order valence-corrected chi connectivity index (χ0v) is 12.6. The molecule has 0 aliphatic rings. The number of carbonyl (C=O) groups excluding carboxylic acids is 1. The minimum absolute atomic E-state index is 0.339. The molecule has 2 rings (SSSR count). The van der Waals surface area contributed by atoms with E-state index in [1.165, 1.54) is 19.3 Å². The summed E-state index contributed by atoms with van der Waals surface area (Å²) in [5, 5.41) is 25.0. The van der Waals surface area contributed by atoms with E-state index in [0.29, 0.717) is 22.9 Å². The van der Waals surface area contributed by atoms with E-state index < -0.39 is 18.0 Å². The molecule has 0 fully saturated rings. The van der Waals surface area contributed by atoms with Gasteiger partial charge in [-0.3, -0.25) is 4.79 Å². The fraction of sp³-hybridized carbons (Fsp3) is 0.133. The molecule has 1 atom stereocenters. The van der Waals surface area contributed by atoms with Crippen molar-refractivity contribution in [2.45, 2.75) is 13.0 Å². The van der Waals surface area contributed by atoms with Gasteiger partial charge in [-0.1, -0.05) is 0 Å². The van der Waals surface area contributed by atoms with Crippen LogP contribution in [0.25, 0.3) is 0 Å². The molecule has 0 aromatic carbocycles. The summed E-state index contributed by atoms with van der Waals surface area (Å²) in [6.07, 6.45) is 1.65. The van der Waals surface area contributed by atoms with Gasteiger partial charge in [-0.05, 0) is 31.2 Å². The van der Waals surface area contributed by atoms with Crippen molar-refractivity contribution < 1.29 is 14.7 Å². The molecule has 0 aliphatic carbocycles. The molecule has 0 unspecified atom stereocenters. The van der Waals surface area contributed by atoms with Gasteiger partial charge in [0.05, 0.1) is 11.3 Å². The fourth-order valence-corrected chi connectivity index (χ4v) is 1.75. The summed E-state index contributed by atoms with van der Waals surface area (Å²) in [5.41, 5.74) is 0.788. The number of rotatable bonds is 5. The molecule has 0 bridgehead atoms. The average molecular weight is 326 g/mol. The van der Waals surface area contributed by atoms with Crippen LogP contribution in [0.4, 0.5) is 22.1 Å². The summed E-state index contributed by atoms with van der Waals surface area (Å²) in [7, 11) is 0. The van der Waals surface area contributed by atoms with Crippen LogP contribution in [-0.2, 0) is 4.79 Å². The highest BCUT2D eigenvalue weighted by molar-refractivity contribution is 5.98. The lowest BCUT2D eigenvalue weighted by Gasteiger charge is -2.14. The van der Waals surface area contributed by atoms with E-state index in [1.54, 1.807) is 24.3 Å². The summed E-state index contributed by atoms with van der Waals surface area (Å²) < 4.78 is 0. The van der Waals surface area contributed by atoms with Gasteiger partial charge in [0.25, 0.3) is 0 Å². The Hall–Kier alpha value is -3.67. The van der Waals surface area contributed by atoms with E-state index in [0.717, 1.165) is 0 Å². The number of pyridine rings is 2. The van der Waals surface area contributed by atoms with Crippen LogP contribution in [0.3, 0.4) is 0 Å². The van der Waals surface area contributed by atoms with Crippen LogP contribution in [0.2, 0.25) is 0 Å². The molecule has 2 aromatic heterocycles. The summed E-state index contributed by atoms with van der Waals surface area (Å²) in [5.74, 6) is 0.256. The van der Waals surface area contributed by atoms with Gasteiger partial charge >= 0.3 is 6.09 Å². The molecule has 9 nitrogen and oxygen atoms in total. The molecule has 0 aliphatic heterocycles. The normalized spacial score (nSPS) is 11.0. The van der Waals surface area contributed by atoms with Crippen molar-refractivity contribution in [3.63, 3.8) is 0 Å². The first-order valence-electron chi connectivity index (χ1n) is 6.88. The number of carboxylic acid groups (broad SMARTS) is 1. The second-order valence-corrected chi connectivity index (χ2v) is 4.73. The molecular weight excluding hydrogens is 312 g/mol. The molecule has 0 spiro atoms. The van der Waals surface area contributed by atoms with Gasteiger partial charge in [-0.15, -0.1) is 0 Å². The van der Waals surface area contributed by atoms with Gasteiger partial charge in [-0.25, -0.2) is 14.8 Å². The highest BCUT2D eigenvalue weighted by Gasteiger charge is 2.16. The number of amides is 2. The zero-order valence-electron chi connectivity index (χ0n) is 12.6. The van der Waals surface area contributed by atoms with Crippen LogP contribution in [0, 0.1) is 11.3 Å². The van der Waals surface area contributed by atoms with Crippen molar-refractivity contribution in [3.8, 4) is 6.07 Å². The molecule has 0 saturated heterocycles. The van der Waals surface area contributed by atoms with Crippen LogP contribution in [0.1, 0.15) is 12.5 Å². The zero-order chi connectivity index (χ0) is 17.5. The minimum atomic E-state index is -1.29. The molecular formula is C15H14N6O3. The Kier molecular flexibility index (Phi) is 5.25. The van der Waals surface area contributed by atoms with E-state index in [9.17, 15) is 9.59 Å². The average Bonchev–Trinajstić information content (AvgIpc) is 2.56. The maximum Gasteiger partial charge on any atom is 0.405 e. The van der Waals surface area contributed by atoms with Gasteiger partial charge in [-0.2, -0.15) is 5.26 Å². The van der Waals surface area contributed by atoms with Crippen LogP contribution in [-0.4, -0.2) is 33.1 Å². The quantitative estimate of drug-likeness (QED) is 0.655. The first-order chi connectivity index (χ1) is 11.5. The largest absolute Gasteiger partial charge is 0.465 e. The number of hydrogen-bond acceptors (Lipinski definition) is 6. The van der Waals surface area contributed by atoms with Gasteiger partial charge < -0.3 is 21.1 Å². The lowest BCUT2D eigenvalue weighted by atomic mass is 10.3. The fourth-order valence-electron chi connectivity index (χ4n) is 1.75. The highest BCUT2D eigenvalue weighted by Crippen LogP contribution is 2.21. The first-order valence-corrected chi connectivity index (χ1v) is 6.88. The Labute approximate surface area is 137 Å². The second-order valence-electron chi connectivity index (χ2n) is 4.73. The van der Waals surface area contributed by atoms with E-state index in [1.807, 2.05) is 6.07 Å². The van der Waals surface area contributed by atoms with Crippen molar-refractivity contribution in [2.75, 3.05) is 10.6 Å². The van der Waals surface area contributed by atoms with Crippen molar-refractivity contribution in [1.82, 2.24) is 15.3 Å². The van der Waals surface area contributed by atoms with E-state index in [2.05, 4.69) is 25.9 Å². The molecule has 9 heteroatoms. The molecule has 0 saturated carbocycles. The van der Waals surface area contributed by atoms with E-state index in [4.69, 9.17) is 10.4 Å². The number of anilines is 3. The lowest BCUT2D eigenvalue weighted by Crippen LogP contribution is -2.40. The summed E-state index contributed by atoms with van der Waals surface area (Å²) in [4.78, 5) is 30.8. The lowest BCUT2D eigenvalue weighted by molar-refractivity contribution is -0.117. The number of nitrogens with one attached hydrogen (secondary N) is 3. The topological polar surface area (TPSA) is 140 Å². The number of aromatic nitrogens is 2. The minimum Gasteiger partial charge on any atom is -0.465 e. The number of nitriles is 1. The van der Waals surface area contributed by atoms with Gasteiger partial charge in [0.1, 0.15) is 17.9 Å². The molecule has 4 N–H and O–H groups in total. The Bertz CT molecular complexity index is 785. The van der Waals surface area contributed by atoms with Crippen molar-refractivity contribution in [3.05, 3.63) is 42.2 Å². The molecule has 2 heterocycles. The number of nitrogens with zero attached hydrogens (tertiary/aromatic N) is 3. The maximum atomic E-state index is 12.0. The van der Waals surface area contributed by atoms with Crippen molar-refractivity contribution in [2.24, 2.45) is 0 Å². The maximum absolute atomic E-state index is 12.0. The predicted molar refractivity (Wildman–Crippen MR) is 85.7 cm³/mol. The van der Waals surface area contributed by atoms with Crippen molar-refractivity contribution >= 4 is 29.3 Å². The third kappa shape index (κ3) is 4.41. The second kappa shape index (κ2) is 7.55. The smallest absolute Gasteiger partial charge is 0.405 e. The SMILES string of the molecule is C[C@H](NC(=O)O)C(=O)Nc1cccnc1Nc1ccc(C#N)cn1. The van der Waals surface area contributed by atoms with Crippen LogP contribution < -0.4 is 16.0 Å². The molecule has 2 aromatic rings. The van der Waals surface area contributed by atoms with Gasteiger partial charge in [0.2, 0.25) is 5.91 Å². The Morgan fingerprint density at radius 3 is 2.71 bits per heavy atom. The van der Waals surface area contributed by atoms with Crippen molar-refractivity contribution in [1.29, 1.82) is 5.26 Å². The first kappa shape index (κ1) is 16.7. The monoisotopic (exact) mass is 326 g/mol. The Morgan fingerprint density at radius 1 is 1.29 bits per heavy atom.